The van der Waals surface area contributed by atoms with E-state index in [2.05, 4.69) is 15.6 Å². The van der Waals surface area contributed by atoms with Gasteiger partial charge in [-0.15, -0.1) is 0 Å². The van der Waals surface area contributed by atoms with Crippen LogP contribution in [0.2, 0.25) is 0 Å². The highest BCUT2D eigenvalue weighted by Gasteiger charge is 2.39. The van der Waals surface area contributed by atoms with Crippen LogP contribution in [0.25, 0.3) is 0 Å². The molecular weight excluding hydrogens is 474 g/mol. The van der Waals surface area contributed by atoms with Crippen LogP contribution in [-0.4, -0.2) is 88.0 Å². The molecule has 1 heterocycles. The Morgan fingerprint density at radius 3 is 2.33 bits per heavy atom. The summed E-state index contributed by atoms with van der Waals surface area (Å²) in [5.41, 5.74) is 16.4. The molecule has 1 rings (SSSR count). The van der Waals surface area contributed by atoms with E-state index in [9.17, 15) is 29.1 Å². The summed E-state index contributed by atoms with van der Waals surface area (Å²) in [5, 5.41) is 23.6. The molecule has 14 heteroatoms. The fourth-order valence-electron chi connectivity index (χ4n) is 3.89. The third-order valence-corrected chi connectivity index (χ3v) is 6.18. The molecule has 5 atom stereocenters. The van der Waals surface area contributed by atoms with E-state index in [-0.39, 0.29) is 37.8 Å². The van der Waals surface area contributed by atoms with Crippen LogP contribution in [0.3, 0.4) is 0 Å². The highest BCUT2D eigenvalue weighted by molar-refractivity contribution is 5.94. The number of carbonyl (C=O) groups excluding carboxylic acids is 3. The van der Waals surface area contributed by atoms with Crippen molar-refractivity contribution in [1.82, 2.24) is 15.5 Å². The monoisotopic (exact) mass is 513 g/mol. The number of nitrogens with one attached hydrogen (secondary N) is 2. The molecular formula is C22H39N7O7. The predicted molar refractivity (Wildman–Crippen MR) is 130 cm³/mol. The molecule has 1 fully saturated rings. The van der Waals surface area contributed by atoms with Gasteiger partial charge >= 0.3 is 11.9 Å². The first-order valence-corrected chi connectivity index (χ1v) is 12.1. The minimum Gasteiger partial charge on any atom is -0.481 e. The number of nitrogens with two attached hydrogens (primary N) is 3. The second-order valence-corrected chi connectivity index (χ2v) is 8.95. The number of rotatable bonds is 15. The maximum absolute atomic E-state index is 13.3. The summed E-state index contributed by atoms with van der Waals surface area (Å²) in [6.45, 7) is 3.99. The number of hydrogen-bond acceptors (Lipinski definition) is 7. The van der Waals surface area contributed by atoms with E-state index in [1.165, 1.54) is 4.90 Å². The molecule has 0 aliphatic carbocycles. The van der Waals surface area contributed by atoms with Crippen molar-refractivity contribution in [3.05, 3.63) is 0 Å². The molecule has 10 N–H and O–H groups in total. The third kappa shape index (κ3) is 9.68. The molecule has 204 valence electrons. The third-order valence-electron chi connectivity index (χ3n) is 6.18. The summed E-state index contributed by atoms with van der Waals surface area (Å²) < 4.78 is 0. The van der Waals surface area contributed by atoms with Crippen molar-refractivity contribution in [2.75, 3.05) is 13.1 Å². The molecule has 1 aliphatic rings. The largest absolute Gasteiger partial charge is 0.481 e. The number of carboxylic acids is 2. The first-order valence-electron chi connectivity index (χ1n) is 12.1. The van der Waals surface area contributed by atoms with Gasteiger partial charge in [-0.3, -0.25) is 24.2 Å². The van der Waals surface area contributed by atoms with Gasteiger partial charge in [0.2, 0.25) is 17.7 Å². The fraction of sp³-hybridized carbons (Fsp3) is 0.727. The SMILES string of the molecule is CCC(C)C(NC(=O)C1CCCN1C(=O)C(CCC(=O)O)NC(=O)C(N)CCCN=C(N)N)C(=O)O. The van der Waals surface area contributed by atoms with Crippen LogP contribution in [0.15, 0.2) is 4.99 Å². The number of amides is 3. The number of aliphatic carboxylic acids is 2. The van der Waals surface area contributed by atoms with Crippen molar-refractivity contribution in [3.8, 4) is 0 Å². The number of likely N-dealkylation sites (tertiary alicyclic amines) is 1. The summed E-state index contributed by atoms with van der Waals surface area (Å²) >= 11 is 0. The summed E-state index contributed by atoms with van der Waals surface area (Å²) in [4.78, 5) is 66.6. The lowest BCUT2D eigenvalue weighted by Gasteiger charge is -2.30. The van der Waals surface area contributed by atoms with Gasteiger partial charge in [0.15, 0.2) is 5.96 Å². The lowest BCUT2D eigenvalue weighted by Crippen LogP contribution is -2.57. The Morgan fingerprint density at radius 2 is 1.78 bits per heavy atom. The van der Waals surface area contributed by atoms with Crippen LogP contribution >= 0.6 is 0 Å². The van der Waals surface area contributed by atoms with Crippen molar-refractivity contribution >= 4 is 35.6 Å². The number of guanidine groups is 1. The van der Waals surface area contributed by atoms with Crippen molar-refractivity contribution in [3.63, 3.8) is 0 Å². The van der Waals surface area contributed by atoms with E-state index >= 15 is 0 Å². The molecule has 0 radical (unpaired) electrons. The van der Waals surface area contributed by atoms with Crippen LogP contribution < -0.4 is 27.8 Å². The van der Waals surface area contributed by atoms with E-state index in [1.54, 1.807) is 13.8 Å². The zero-order valence-electron chi connectivity index (χ0n) is 20.8. The normalized spacial score (nSPS) is 18.4. The topological polar surface area (TPSA) is 244 Å². The summed E-state index contributed by atoms with van der Waals surface area (Å²) in [6, 6.07) is -4.24. The summed E-state index contributed by atoms with van der Waals surface area (Å²) in [7, 11) is 0. The van der Waals surface area contributed by atoms with E-state index in [0.717, 1.165) is 0 Å². The average molecular weight is 514 g/mol. The van der Waals surface area contributed by atoms with E-state index in [1.807, 2.05) is 0 Å². The smallest absolute Gasteiger partial charge is 0.326 e. The molecule has 0 saturated carbocycles. The van der Waals surface area contributed by atoms with Crippen molar-refractivity contribution in [2.24, 2.45) is 28.1 Å². The molecule has 1 saturated heterocycles. The maximum atomic E-state index is 13.3. The van der Waals surface area contributed by atoms with E-state index in [0.29, 0.717) is 25.7 Å². The second kappa shape index (κ2) is 14.9. The van der Waals surface area contributed by atoms with Gasteiger partial charge in [0.25, 0.3) is 0 Å². The molecule has 14 nitrogen and oxygen atoms in total. The zero-order chi connectivity index (χ0) is 27.4. The van der Waals surface area contributed by atoms with Crippen molar-refractivity contribution in [1.29, 1.82) is 0 Å². The Kier molecular flexibility index (Phi) is 12.6. The molecule has 0 aromatic carbocycles. The van der Waals surface area contributed by atoms with Gasteiger partial charge < -0.3 is 42.9 Å². The van der Waals surface area contributed by atoms with Crippen molar-refractivity contribution in [2.45, 2.75) is 83.0 Å². The lowest BCUT2D eigenvalue weighted by molar-refractivity contribution is -0.146. The van der Waals surface area contributed by atoms with Gasteiger partial charge in [-0.2, -0.15) is 0 Å². The average Bonchev–Trinajstić information content (AvgIpc) is 3.31. The van der Waals surface area contributed by atoms with Gasteiger partial charge in [-0.1, -0.05) is 20.3 Å². The molecule has 1 aliphatic heterocycles. The Morgan fingerprint density at radius 1 is 1.11 bits per heavy atom. The first kappa shape index (κ1) is 30.6. The molecule has 36 heavy (non-hydrogen) atoms. The summed E-state index contributed by atoms with van der Waals surface area (Å²) in [6.07, 6.45) is 1.38. The van der Waals surface area contributed by atoms with Gasteiger partial charge in [0, 0.05) is 19.5 Å². The van der Waals surface area contributed by atoms with Crippen molar-refractivity contribution < 1.29 is 34.2 Å². The Bertz CT molecular complexity index is 832. The Hall–Kier alpha value is -3.42. The van der Waals surface area contributed by atoms with Gasteiger partial charge in [-0.25, -0.2) is 4.79 Å². The molecule has 0 aromatic heterocycles. The number of carboxylic acid groups (broad SMARTS) is 2. The number of nitrogens with zero attached hydrogens (tertiary/aromatic N) is 2. The van der Waals surface area contributed by atoms with Crippen LogP contribution in [0, 0.1) is 5.92 Å². The maximum Gasteiger partial charge on any atom is 0.326 e. The minimum absolute atomic E-state index is 0.0876. The Labute approximate surface area is 210 Å². The van der Waals surface area contributed by atoms with Gasteiger partial charge in [-0.05, 0) is 38.0 Å². The molecule has 0 aromatic rings. The quantitative estimate of drug-likeness (QED) is 0.0744. The van der Waals surface area contributed by atoms with Crippen LogP contribution in [0.4, 0.5) is 0 Å². The minimum atomic E-state index is -1.21. The highest BCUT2D eigenvalue weighted by atomic mass is 16.4. The lowest BCUT2D eigenvalue weighted by atomic mass is 9.98. The number of carbonyl (C=O) groups is 5. The van der Waals surface area contributed by atoms with E-state index < -0.39 is 60.2 Å². The predicted octanol–water partition coefficient (Wildman–Crippen LogP) is -1.68. The molecule has 3 amide bonds. The van der Waals surface area contributed by atoms with Crippen LogP contribution in [-0.2, 0) is 24.0 Å². The Balaban J connectivity index is 2.93. The first-order chi connectivity index (χ1) is 16.9. The number of aliphatic imine (C=N–C) groups is 1. The van der Waals surface area contributed by atoms with Gasteiger partial charge in [0.05, 0.1) is 6.04 Å². The fourth-order valence-corrected chi connectivity index (χ4v) is 3.89. The van der Waals surface area contributed by atoms with Crippen LogP contribution in [0.1, 0.15) is 58.8 Å². The second-order valence-electron chi connectivity index (χ2n) is 8.95. The highest BCUT2D eigenvalue weighted by Crippen LogP contribution is 2.21. The van der Waals surface area contributed by atoms with Gasteiger partial charge in [0.1, 0.15) is 18.1 Å². The summed E-state index contributed by atoms with van der Waals surface area (Å²) in [5.74, 6) is -4.61. The molecule has 0 spiro atoms. The number of hydrogen-bond donors (Lipinski definition) is 7. The standard InChI is InChI=1S/C22H39N7O7/c1-3-12(2)17(21(35)36)28-19(33)15-7-5-11-29(15)20(34)14(8-9-16(30)31)27-18(32)13(23)6-4-10-26-22(24)25/h12-15,17H,3-11,23H2,1-2H3,(H,27,32)(H,28,33)(H,30,31)(H,35,36)(H4,24,25,26). The zero-order valence-corrected chi connectivity index (χ0v) is 20.8. The van der Waals surface area contributed by atoms with Crippen LogP contribution in [0.5, 0.6) is 0 Å². The molecule has 0 bridgehead atoms. The molecule has 5 unspecified atom stereocenters. The van der Waals surface area contributed by atoms with E-state index in [4.69, 9.17) is 22.3 Å².